The summed E-state index contributed by atoms with van der Waals surface area (Å²) in [5.41, 5.74) is 1.51. The fourth-order valence-corrected chi connectivity index (χ4v) is 1.82. The lowest BCUT2D eigenvalue weighted by molar-refractivity contribution is 0.628. The molecule has 0 aliphatic carbocycles. The SMILES string of the molecule is CCCNc1cc(Nc2ccc(F)cc2Cl)ccn1. The Hall–Kier alpha value is -1.81. The number of benzene rings is 1. The zero-order chi connectivity index (χ0) is 13.7. The van der Waals surface area contributed by atoms with E-state index in [0.717, 1.165) is 24.5 Å². The van der Waals surface area contributed by atoms with Crippen LogP contribution in [0.5, 0.6) is 0 Å². The van der Waals surface area contributed by atoms with E-state index in [1.807, 2.05) is 12.1 Å². The molecular weight excluding hydrogens is 265 g/mol. The predicted octanol–water partition coefficient (Wildman–Crippen LogP) is 4.44. The van der Waals surface area contributed by atoms with Gasteiger partial charge in [0.05, 0.1) is 10.7 Å². The Balaban J connectivity index is 2.14. The lowest BCUT2D eigenvalue weighted by Gasteiger charge is -2.10. The van der Waals surface area contributed by atoms with Gasteiger partial charge in [-0.05, 0) is 30.7 Å². The van der Waals surface area contributed by atoms with Gasteiger partial charge < -0.3 is 10.6 Å². The van der Waals surface area contributed by atoms with Gasteiger partial charge in [0, 0.05) is 24.5 Å². The van der Waals surface area contributed by atoms with Crippen molar-refractivity contribution in [1.29, 1.82) is 0 Å². The van der Waals surface area contributed by atoms with Crippen molar-refractivity contribution in [2.75, 3.05) is 17.2 Å². The van der Waals surface area contributed by atoms with Crippen LogP contribution < -0.4 is 10.6 Å². The quantitative estimate of drug-likeness (QED) is 0.849. The summed E-state index contributed by atoms with van der Waals surface area (Å²) in [6, 6.07) is 7.97. The number of hydrogen-bond donors (Lipinski definition) is 2. The molecule has 3 nitrogen and oxygen atoms in total. The number of rotatable bonds is 5. The zero-order valence-corrected chi connectivity index (χ0v) is 11.3. The molecule has 0 radical (unpaired) electrons. The largest absolute Gasteiger partial charge is 0.370 e. The minimum atomic E-state index is -0.351. The molecule has 19 heavy (non-hydrogen) atoms. The number of pyridine rings is 1. The van der Waals surface area contributed by atoms with Crippen molar-refractivity contribution in [3.63, 3.8) is 0 Å². The number of nitrogens with zero attached hydrogens (tertiary/aromatic N) is 1. The highest BCUT2D eigenvalue weighted by atomic mass is 35.5. The van der Waals surface area contributed by atoms with Crippen LogP contribution in [0.25, 0.3) is 0 Å². The van der Waals surface area contributed by atoms with Crippen molar-refractivity contribution in [1.82, 2.24) is 4.98 Å². The Labute approximate surface area is 116 Å². The van der Waals surface area contributed by atoms with Gasteiger partial charge >= 0.3 is 0 Å². The molecule has 0 amide bonds. The summed E-state index contributed by atoms with van der Waals surface area (Å²) in [4.78, 5) is 4.21. The maximum atomic E-state index is 13.0. The minimum Gasteiger partial charge on any atom is -0.370 e. The standard InChI is InChI=1S/C14H15ClFN3/c1-2-6-17-14-9-11(5-7-18-14)19-13-4-3-10(16)8-12(13)15/h3-5,7-9H,2,6H2,1H3,(H2,17,18,19). The third-order valence-corrected chi connectivity index (χ3v) is 2.84. The molecule has 0 aliphatic heterocycles. The monoisotopic (exact) mass is 279 g/mol. The zero-order valence-electron chi connectivity index (χ0n) is 10.6. The second-order valence-electron chi connectivity index (χ2n) is 4.11. The average Bonchev–Trinajstić information content (AvgIpc) is 2.40. The van der Waals surface area contributed by atoms with Crippen molar-refractivity contribution in [3.8, 4) is 0 Å². The van der Waals surface area contributed by atoms with Crippen LogP contribution in [0.1, 0.15) is 13.3 Å². The van der Waals surface area contributed by atoms with Gasteiger partial charge in [-0.25, -0.2) is 9.37 Å². The van der Waals surface area contributed by atoms with Gasteiger partial charge in [0.2, 0.25) is 0 Å². The molecule has 2 N–H and O–H groups in total. The molecule has 1 aromatic heterocycles. The van der Waals surface area contributed by atoms with Crippen LogP contribution in [0.15, 0.2) is 36.5 Å². The van der Waals surface area contributed by atoms with Crippen LogP contribution in [0.2, 0.25) is 5.02 Å². The van der Waals surface area contributed by atoms with E-state index in [2.05, 4.69) is 22.5 Å². The molecule has 0 atom stereocenters. The Morgan fingerprint density at radius 1 is 1.26 bits per heavy atom. The van der Waals surface area contributed by atoms with Gasteiger partial charge in [-0.1, -0.05) is 18.5 Å². The molecule has 5 heteroatoms. The van der Waals surface area contributed by atoms with E-state index in [4.69, 9.17) is 11.6 Å². The summed E-state index contributed by atoms with van der Waals surface area (Å²) >= 11 is 5.97. The van der Waals surface area contributed by atoms with E-state index in [9.17, 15) is 4.39 Å². The van der Waals surface area contributed by atoms with Crippen LogP contribution in [0.3, 0.4) is 0 Å². The van der Waals surface area contributed by atoms with Crippen molar-refractivity contribution >= 4 is 28.8 Å². The molecule has 1 aromatic carbocycles. The van der Waals surface area contributed by atoms with Gasteiger partial charge in [0.25, 0.3) is 0 Å². The molecule has 1 heterocycles. The van der Waals surface area contributed by atoms with Gasteiger partial charge in [-0.3, -0.25) is 0 Å². The van der Waals surface area contributed by atoms with Gasteiger partial charge in [-0.15, -0.1) is 0 Å². The maximum Gasteiger partial charge on any atom is 0.127 e. The van der Waals surface area contributed by atoms with Gasteiger partial charge in [-0.2, -0.15) is 0 Å². The maximum absolute atomic E-state index is 13.0. The molecule has 0 spiro atoms. The van der Waals surface area contributed by atoms with Crippen molar-refractivity contribution in [3.05, 3.63) is 47.4 Å². The van der Waals surface area contributed by atoms with E-state index < -0.39 is 0 Å². The average molecular weight is 280 g/mol. The third kappa shape index (κ3) is 3.83. The first-order valence-electron chi connectivity index (χ1n) is 6.11. The molecule has 0 saturated carbocycles. The molecule has 0 aliphatic rings. The molecule has 0 unspecified atom stereocenters. The highest BCUT2D eigenvalue weighted by molar-refractivity contribution is 6.33. The molecule has 2 rings (SSSR count). The summed E-state index contributed by atoms with van der Waals surface area (Å²) < 4.78 is 13.0. The second kappa shape index (κ2) is 6.38. The smallest absolute Gasteiger partial charge is 0.127 e. The summed E-state index contributed by atoms with van der Waals surface area (Å²) in [5, 5.41) is 6.68. The predicted molar refractivity (Wildman–Crippen MR) is 77.7 cm³/mol. The number of nitrogens with one attached hydrogen (secondary N) is 2. The van der Waals surface area contributed by atoms with E-state index in [1.165, 1.54) is 12.1 Å². The van der Waals surface area contributed by atoms with Crippen LogP contribution >= 0.6 is 11.6 Å². The Morgan fingerprint density at radius 2 is 2.11 bits per heavy atom. The highest BCUT2D eigenvalue weighted by Gasteiger charge is 2.03. The first-order valence-corrected chi connectivity index (χ1v) is 6.49. The third-order valence-electron chi connectivity index (χ3n) is 2.53. The van der Waals surface area contributed by atoms with Crippen molar-refractivity contribution in [2.24, 2.45) is 0 Å². The topological polar surface area (TPSA) is 37.0 Å². The number of hydrogen-bond acceptors (Lipinski definition) is 3. The summed E-state index contributed by atoms with van der Waals surface area (Å²) in [7, 11) is 0. The van der Waals surface area contributed by atoms with Crippen LogP contribution in [-0.4, -0.2) is 11.5 Å². The van der Waals surface area contributed by atoms with Crippen molar-refractivity contribution < 1.29 is 4.39 Å². The fraction of sp³-hybridized carbons (Fsp3) is 0.214. The van der Waals surface area contributed by atoms with Gasteiger partial charge in [0.15, 0.2) is 0 Å². The van der Waals surface area contributed by atoms with E-state index in [-0.39, 0.29) is 5.82 Å². The van der Waals surface area contributed by atoms with E-state index in [1.54, 1.807) is 12.3 Å². The van der Waals surface area contributed by atoms with E-state index in [0.29, 0.717) is 10.7 Å². The fourth-order valence-electron chi connectivity index (χ4n) is 1.60. The molecule has 100 valence electrons. The summed E-state index contributed by atoms with van der Waals surface area (Å²) in [5.74, 6) is 0.445. The molecule has 0 saturated heterocycles. The molecule has 0 fully saturated rings. The number of anilines is 3. The lowest BCUT2D eigenvalue weighted by atomic mass is 10.3. The van der Waals surface area contributed by atoms with Crippen LogP contribution in [-0.2, 0) is 0 Å². The Kier molecular flexibility index (Phi) is 4.58. The molecular formula is C14H15ClFN3. The summed E-state index contributed by atoms with van der Waals surface area (Å²) in [6.45, 7) is 2.96. The molecule has 2 aromatic rings. The normalized spacial score (nSPS) is 10.3. The van der Waals surface area contributed by atoms with Crippen LogP contribution in [0.4, 0.5) is 21.6 Å². The van der Waals surface area contributed by atoms with Crippen LogP contribution in [0, 0.1) is 5.82 Å². The van der Waals surface area contributed by atoms with Crippen molar-refractivity contribution in [2.45, 2.75) is 13.3 Å². The Bertz CT molecular complexity index is 560. The van der Waals surface area contributed by atoms with E-state index >= 15 is 0 Å². The molecule has 0 bridgehead atoms. The lowest BCUT2D eigenvalue weighted by Crippen LogP contribution is -2.02. The van der Waals surface area contributed by atoms with Gasteiger partial charge in [0.1, 0.15) is 11.6 Å². The second-order valence-corrected chi connectivity index (χ2v) is 4.51. The minimum absolute atomic E-state index is 0.347. The first-order chi connectivity index (χ1) is 9.19. The highest BCUT2D eigenvalue weighted by Crippen LogP contribution is 2.26. The number of halogens is 2. The first kappa shape index (κ1) is 13.6. The summed E-state index contributed by atoms with van der Waals surface area (Å²) in [6.07, 6.45) is 2.74. The number of aromatic nitrogens is 1. The Morgan fingerprint density at radius 3 is 2.84 bits per heavy atom.